The molecule has 0 bridgehead atoms. The minimum absolute atomic E-state index is 0.393. The van der Waals surface area contributed by atoms with Crippen molar-refractivity contribution in [1.82, 2.24) is 14.9 Å². The molecule has 1 saturated carbocycles. The van der Waals surface area contributed by atoms with E-state index in [9.17, 15) is 4.79 Å². The van der Waals surface area contributed by atoms with E-state index in [2.05, 4.69) is 9.88 Å². The van der Waals surface area contributed by atoms with E-state index in [-0.39, 0.29) is 0 Å². The molecule has 166 valence electrons. The molecule has 4 rings (SSSR count). The van der Waals surface area contributed by atoms with E-state index >= 15 is 0 Å². The van der Waals surface area contributed by atoms with Gasteiger partial charge in [-0.25, -0.2) is 9.97 Å². The number of rotatable bonds is 6. The second kappa shape index (κ2) is 9.77. The van der Waals surface area contributed by atoms with Gasteiger partial charge in [-0.3, -0.25) is 4.79 Å². The van der Waals surface area contributed by atoms with Crippen molar-refractivity contribution in [2.45, 2.75) is 50.9 Å². The number of anilines is 1. The zero-order valence-corrected chi connectivity index (χ0v) is 18.9. The molecule has 1 aliphatic heterocycles. The van der Waals surface area contributed by atoms with Gasteiger partial charge in [0.15, 0.2) is 0 Å². The summed E-state index contributed by atoms with van der Waals surface area (Å²) in [5.41, 5.74) is 9.16. The van der Waals surface area contributed by atoms with Crippen molar-refractivity contribution in [2.75, 3.05) is 38.6 Å². The maximum Gasteiger partial charge on any atom is 0.248 e. The molecule has 2 fully saturated rings. The fraction of sp³-hybridized carbons (Fsp3) is 0.560. The van der Waals surface area contributed by atoms with E-state index < -0.39 is 5.91 Å². The number of amides is 1. The SMILES string of the molecule is CN(C)c1ncc(-c2ccc(C(N)=O)cc2)c([C@H]2CCCN(CC3CCCCC3)C2)n1. The van der Waals surface area contributed by atoms with E-state index in [1.54, 1.807) is 12.1 Å². The number of carbonyl (C=O) groups excluding carboxylic acids is 1. The summed E-state index contributed by atoms with van der Waals surface area (Å²) in [6.45, 7) is 3.48. The lowest BCUT2D eigenvalue weighted by Gasteiger charge is -2.36. The number of hydrogen-bond acceptors (Lipinski definition) is 5. The van der Waals surface area contributed by atoms with Crippen LogP contribution >= 0.6 is 0 Å². The first kappa shape index (κ1) is 21.8. The topological polar surface area (TPSA) is 75.4 Å². The predicted octanol–water partition coefficient (Wildman–Crippen LogP) is 4.07. The van der Waals surface area contributed by atoms with Gasteiger partial charge in [0.1, 0.15) is 0 Å². The third kappa shape index (κ3) is 5.24. The monoisotopic (exact) mass is 421 g/mol. The Kier molecular flexibility index (Phi) is 6.86. The number of carbonyl (C=O) groups is 1. The first-order valence-corrected chi connectivity index (χ1v) is 11.7. The first-order valence-electron chi connectivity index (χ1n) is 11.7. The molecule has 0 spiro atoms. The summed E-state index contributed by atoms with van der Waals surface area (Å²) in [6, 6.07) is 7.50. The maximum absolute atomic E-state index is 11.5. The number of likely N-dealkylation sites (tertiary alicyclic amines) is 1. The van der Waals surface area contributed by atoms with Crippen LogP contribution in [0.25, 0.3) is 11.1 Å². The van der Waals surface area contributed by atoms with Gasteiger partial charge in [-0.15, -0.1) is 0 Å². The molecule has 2 aliphatic rings. The summed E-state index contributed by atoms with van der Waals surface area (Å²) in [4.78, 5) is 25.7. The van der Waals surface area contributed by atoms with E-state index in [0.29, 0.717) is 11.5 Å². The van der Waals surface area contributed by atoms with Gasteiger partial charge in [0.25, 0.3) is 0 Å². The molecule has 6 nitrogen and oxygen atoms in total. The molecule has 1 aliphatic carbocycles. The molecule has 1 aromatic carbocycles. The van der Waals surface area contributed by atoms with Crippen LogP contribution in [-0.2, 0) is 0 Å². The highest BCUT2D eigenvalue weighted by Crippen LogP contribution is 2.35. The Morgan fingerprint density at radius 2 is 1.84 bits per heavy atom. The van der Waals surface area contributed by atoms with Crippen molar-refractivity contribution in [2.24, 2.45) is 11.7 Å². The molecule has 0 radical (unpaired) electrons. The largest absolute Gasteiger partial charge is 0.366 e. The highest BCUT2D eigenvalue weighted by atomic mass is 16.1. The predicted molar refractivity (Wildman–Crippen MR) is 125 cm³/mol. The summed E-state index contributed by atoms with van der Waals surface area (Å²) in [7, 11) is 3.97. The van der Waals surface area contributed by atoms with Crippen LogP contribution in [0.4, 0.5) is 5.95 Å². The van der Waals surface area contributed by atoms with Crippen LogP contribution in [-0.4, -0.2) is 54.5 Å². The van der Waals surface area contributed by atoms with Crippen molar-refractivity contribution in [3.63, 3.8) is 0 Å². The Hall–Kier alpha value is -2.47. The van der Waals surface area contributed by atoms with Crippen molar-refractivity contribution in [3.05, 3.63) is 41.7 Å². The van der Waals surface area contributed by atoms with Crippen LogP contribution in [0.1, 0.15) is 66.9 Å². The van der Waals surface area contributed by atoms with Crippen molar-refractivity contribution in [3.8, 4) is 11.1 Å². The van der Waals surface area contributed by atoms with Crippen molar-refractivity contribution >= 4 is 11.9 Å². The molecule has 6 heteroatoms. The summed E-state index contributed by atoms with van der Waals surface area (Å²) in [5.74, 6) is 1.59. The van der Waals surface area contributed by atoms with Gasteiger partial charge in [-0.2, -0.15) is 0 Å². The fourth-order valence-corrected chi connectivity index (χ4v) is 5.13. The number of piperidine rings is 1. The van der Waals surface area contributed by atoms with Gasteiger partial charge in [0.05, 0.1) is 5.69 Å². The van der Waals surface area contributed by atoms with Crippen LogP contribution < -0.4 is 10.6 Å². The maximum atomic E-state index is 11.5. The zero-order chi connectivity index (χ0) is 21.8. The molecule has 1 saturated heterocycles. The minimum atomic E-state index is -0.406. The Morgan fingerprint density at radius 3 is 2.52 bits per heavy atom. The van der Waals surface area contributed by atoms with Gasteiger partial charge >= 0.3 is 0 Å². The Labute approximate surface area is 185 Å². The number of nitrogens with zero attached hydrogens (tertiary/aromatic N) is 4. The van der Waals surface area contributed by atoms with Gasteiger partial charge in [0, 0.05) is 50.4 Å². The van der Waals surface area contributed by atoms with Gasteiger partial charge in [-0.05, 0) is 55.8 Å². The Balaban J connectivity index is 1.60. The lowest BCUT2D eigenvalue weighted by Crippen LogP contribution is -2.38. The molecular formula is C25H35N5O. The second-order valence-electron chi connectivity index (χ2n) is 9.41. The molecule has 2 N–H and O–H groups in total. The number of benzene rings is 1. The van der Waals surface area contributed by atoms with Crippen LogP contribution in [0.5, 0.6) is 0 Å². The molecule has 1 aromatic heterocycles. The third-order valence-corrected chi connectivity index (χ3v) is 6.82. The fourth-order valence-electron chi connectivity index (χ4n) is 5.13. The van der Waals surface area contributed by atoms with Gasteiger partial charge in [-0.1, -0.05) is 31.4 Å². The van der Waals surface area contributed by atoms with Crippen LogP contribution in [0, 0.1) is 5.92 Å². The van der Waals surface area contributed by atoms with E-state index in [1.807, 2.05) is 37.3 Å². The smallest absolute Gasteiger partial charge is 0.248 e. The average Bonchev–Trinajstić information content (AvgIpc) is 2.79. The summed E-state index contributed by atoms with van der Waals surface area (Å²) in [6.07, 6.45) is 11.3. The lowest BCUT2D eigenvalue weighted by atomic mass is 9.86. The van der Waals surface area contributed by atoms with Crippen molar-refractivity contribution < 1.29 is 4.79 Å². The average molecular weight is 422 g/mol. The van der Waals surface area contributed by atoms with E-state index in [4.69, 9.17) is 10.7 Å². The highest BCUT2D eigenvalue weighted by molar-refractivity contribution is 5.93. The second-order valence-corrected chi connectivity index (χ2v) is 9.41. The molecule has 1 atom stereocenters. The summed E-state index contributed by atoms with van der Waals surface area (Å²) >= 11 is 0. The number of primary amides is 1. The van der Waals surface area contributed by atoms with Crippen LogP contribution in [0.2, 0.25) is 0 Å². The first-order chi connectivity index (χ1) is 15.0. The molecule has 0 unspecified atom stereocenters. The van der Waals surface area contributed by atoms with Gasteiger partial charge < -0.3 is 15.5 Å². The quantitative estimate of drug-likeness (QED) is 0.761. The highest BCUT2D eigenvalue weighted by Gasteiger charge is 2.27. The number of aromatic nitrogens is 2. The Morgan fingerprint density at radius 1 is 1.10 bits per heavy atom. The standard InChI is InChI=1S/C25H35N5O/c1-29(2)25-27-15-22(19-10-12-20(13-11-19)24(26)31)23(28-25)21-9-6-14-30(17-21)16-18-7-4-3-5-8-18/h10-13,15,18,21H,3-9,14,16-17H2,1-2H3,(H2,26,31)/t21-/m0/s1. The lowest BCUT2D eigenvalue weighted by molar-refractivity contribution is 0.100. The molecule has 31 heavy (non-hydrogen) atoms. The number of nitrogens with two attached hydrogens (primary N) is 1. The molecular weight excluding hydrogens is 386 g/mol. The molecule has 2 aromatic rings. The molecule has 1 amide bonds. The zero-order valence-electron chi connectivity index (χ0n) is 18.9. The van der Waals surface area contributed by atoms with E-state index in [1.165, 1.54) is 51.6 Å². The minimum Gasteiger partial charge on any atom is -0.366 e. The third-order valence-electron chi connectivity index (χ3n) is 6.82. The summed E-state index contributed by atoms with van der Waals surface area (Å²) < 4.78 is 0. The number of hydrogen-bond donors (Lipinski definition) is 1. The normalized spacial score (nSPS) is 20.5. The van der Waals surface area contributed by atoms with Crippen molar-refractivity contribution in [1.29, 1.82) is 0 Å². The van der Waals surface area contributed by atoms with Crippen LogP contribution in [0.3, 0.4) is 0 Å². The summed E-state index contributed by atoms with van der Waals surface area (Å²) in [5, 5.41) is 0. The van der Waals surface area contributed by atoms with Crippen LogP contribution in [0.15, 0.2) is 30.5 Å². The molecule has 2 heterocycles. The van der Waals surface area contributed by atoms with Gasteiger partial charge in [0.2, 0.25) is 11.9 Å². The Bertz CT molecular complexity index is 889. The van der Waals surface area contributed by atoms with E-state index in [0.717, 1.165) is 41.7 Å².